The van der Waals surface area contributed by atoms with Gasteiger partial charge in [0.2, 0.25) is 0 Å². The third-order valence-electron chi connectivity index (χ3n) is 6.76. The second-order valence-corrected chi connectivity index (χ2v) is 9.26. The zero-order chi connectivity index (χ0) is 19.0. The van der Waals surface area contributed by atoms with Gasteiger partial charge in [0.1, 0.15) is 0 Å². The second-order valence-electron chi connectivity index (χ2n) is 8.82. The number of likely N-dealkylation sites (tertiary alicyclic amines) is 1. The molecule has 1 aliphatic carbocycles. The molecule has 4 heteroatoms. The molecule has 0 amide bonds. The molecular weight excluding hydrogens is 368 g/mol. The van der Waals surface area contributed by atoms with Crippen LogP contribution in [-0.2, 0) is 11.3 Å². The molecule has 3 aliphatic rings. The van der Waals surface area contributed by atoms with Crippen molar-refractivity contribution in [2.75, 3.05) is 19.7 Å². The predicted octanol–water partition coefficient (Wildman–Crippen LogP) is 4.61. The fraction of sp³-hybridized carbons (Fsp3) is 0.500. The van der Waals surface area contributed by atoms with E-state index in [-0.39, 0.29) is 5.60 Å². The number of hydrogen-bond donors (Lipinski definition) is 1. The van der Waals surface area contributed by atoms with Gasteiger partial charge in [0.05, 0.1) is 12.2 Å². The van der Waals surface area contributed by atoms with E-state index in [9.17, 15) is 0 Å². The topological polar surface area (TPSA) is 24.5 Å². The highest BCUT2D eigenvalue weighted by Crippen LogP contribution is 2.43. The number of nitrogens with zero attached hydrogens (tertiary/aromatic N) is 1. The van der Waals surface area contributed by atoms with Gasteiger partial charge in [-0.05, 0) is 48.9 Å². The molecule has 28 heavy (non-hydrogen) atoms. The summed E-state index contributed by atoms with van der Waals surface area (Å²) in [6.45, 7) is 4.11. The molecule has 3 atom stereocenters. The van der Waals surface area contributed by atoms with Gasteiger partial charge in [0.15, 0.2) is 0 Å². The van der Waals surface area contributed by atoms with Crippen molar-refractivity contribution in [3.05, 3.63) is 70.7 Å². The van der Waals surface area contributed by atoms with Gasteiger partial charge in [-0.15, -0.1) is 0 Å². The molecule has 148 valence electrons. The first-order valence-electron chi connectivity index (χ1n) is 10.6. The maximum Gasteiger partial charge on any atom is 0.0723 e. The van der Waals surface area contributed by atoms with Gasteiger partial charge < -0.3 is 10.1 Å². The van der Waals surface area contributed by atoms with Crippen LogP contribution in [0.4, 0.5) is 0 Å². The van der Waals surface area contributed by atoms with Gasteiger partial charge >= 0.3 is 0 Å². The van der Waals surface area contributed by atoms with E-state index in [1.807, 2.05) is 12.1 Å². The zero-order valence-electron chi connectivity index (χ0n) is 16.3. The molecule has 2 aromatic carbocycles. The Hall–Kier alpha value is -1.39. The summed E-state index contributed by atoms with van der Waals surface area (Å²) in [5.74, 6) is 0.693. The minimum absolute atomic E-state index is 0.102. The normalized spacial score (nSPS) is 29.2. The average molecular weight is 397 g/mol. The smallest absolute Gasteiger partial charge is 0.0723 e. The summed E-state index contributed by atoms with van der Waals surface area (Å²) in [7, 11) is 0. The van der Waals surface area contributed by atoms with Crippen LogP contribution in [0.3, 0.4) is 0 Å². The van der Waals surface area contributed by atoms with E-state index in [0.29, 0.717) is 18.0 Å². The summed E-state index contributed by atoms with van der Waals surface area (Å²) >= 11 is 6.00. The first-order chi connectivity index (χ1) is 13.7. The number of halogens is 1. The summed E-state index contributed by atoms with van der Waals surface area (Å²) in [6, 6.07) is 20.3. The molecule has 1 unspecified atom stereocenters. The third-order valence-corrected chi connectivity index (χ3v) is 7.02. The Morgan fingerprint density at radius 3 is 2.54 bits per heavy atom. The Morgan fingerprint density at radius 1 is 1.04 bits per heavy atom. The molecule has 1 spiro atoms. The molecule has 0 aromatic heterocycles. The van der Waals surface area contributed by atoms with E-state index >= 15 is 0 Å². The summed E-state index contributed by atoms with van der Waals surface area (Å²) in [6.07, 6.45) is 4.72. The van der Waals surface area contributed by atoms with Crippen molar-refractivity contribution >= 4 is 11.6 Å². The van der Waals surface area contributed by atoms with E-state index in [2.05, 4.69) is 52.7 Å². The number of benzene rings is 2. The lowest BCUT2D eigenvalue weighted by atomic mass is 9.87. The molecule has 3 fully saturated rings. The lowest BCUT2D eigenvalue weighted by molar-refractivity contribution is -0.0449. The maximum atomic E-state index is 6.37. The second kappa shape index (κ2) is 7.79. The highest BCUT2D eigenvalue weighted by molar-refractivity contribution is 6.30. The molecule has 2 aromatic rings. The first kappa shape index (κ1) is 18.6. The van der Waals surface area contributed by atoms with Crippen molar-refractivity contribution < 1.29 is 4.74 Å². The Bertz CT molecular complexity index is 786. The zero-order valence-corrected chi connectivity index (χ0v) is 17.1. The van der Waals surface area contributed by atoms with Gasteiger partial charge in [-0.2, -0.15) is 0 Å². The molecule has 2 heterocycles. The fourth-order valence-corrected chi connectivity index (χ4v) is 5.14. The maximum absolute atomic E-state index is 6.37. The van der Waals surface area contributed by atoms with Crippen LogP contribution in [-0.4, -0.2) is 42.3 Å². The van der Waals surface area contributed by atoms with E-state index in [4.69, 9.17) is 16.3 Å². The Kier molecular flexibility index (Phi) is 5.18. The first-order valence-corrected chi connectivity index (χ1v) is 11.0. The van der Waals surface area contributed by atoms with Crippen LogP contribution in [0.2, 0.25) is 5.02 Å². The predicted molar refractivity (Wildman–Crippen MR) is 114 cm³/mol. The number of hydrogen-bond acceptors (Lipinski definition) is 3. The van der Waals surface area contributed by atoms with E-state index in [1.165, 1.54) is 24.0 Å². The molecule has 5 rings (SSSR count). The summed E-state index contributed by atoms with van der Waals surface area (Å²) in [5, 5.41) is 4.69. The van der Waals surface area contributed by atoms with Crippen LogP contribution in [0.25, 0.3) is 0 Å². The summed E-state index contributed by atoms with van der Waals surface area (Å²) < 4.78 is 6.37. The van der Waals surface area contributed by atoms with E-state index in [1.54, 1.807) is 0 Å². The standard InChI is InChI=1S/C24H29ClN2O/c25-20-8-6-18(7-9-20)16-27-12-10-24(11-13-27)15-21(17-28-24)26-23-14-22(23)19-4-2-1-3-5-19/h1-9,21-23,26H,10-17H2/t21?,22-,23+/m0/s1. The highest BCUT2D eigenvalue weighted by atomic mass is 35.5. The highest BCUT2D eigenvalue weighted by Gasteiger charge is 2.46. The largest absolute Gasteiger partial charge is 0.373 e. The van der Waals surface area contributed by atoms with Crippen LogP contribution >= 0.6 is 11.6 Å². The third kappa shape index (κ3) is 4.13. The molecule has 2 saturated heterocycles. The van der Waals surface area contributed by atoms with Crippen LogP contribution in [0, 0.1) is 0 Å². The monoisotopic (exact) mass is 396 g/mol. The number of nitrogens with one attached hydrogen (secondary N) is 1. The lowest BCUT2D eigenvalue weighted by Crippen LogP contribution is -2.44. The van der Waals surface area contributed by atoms with Crippen molar-refractivity contribution in [2.45, 2.75) is 55.8 Å². The van der Waals surface area contributed by atoms with Crippen LogP contribution in [0.1, 0.15) is 42.7 Å². The van der Waals surface area contributed by atoms with Gasteiger partial charge in [0.25, 0.3) is 0 Å². The molecule has 0 bridgehead atoms. The molecular formula is C24H29ClN2O. The van der Waals surface area contributed by atoms with Crippen molar-refractivity contribution in [1.82, 2.24) is 10.2 Å². The van der Waals surface area contributed by atoms with Crippen molar-refractivity contribution in [3.8, 4) is 0 Å². The number of rotatable bonds is 5. The van der Waals surface area contributed by atoms with Gasteiger partial charge in [-0.25, -0.2) is 0 Å². The van der Waals surface area contributed by atoms with Crippen LogP contribution in [0.15, 0.2) is 54.6 Å². The van der Waals surface area contributed by atoms with Gasteiger partial charge in [0, 0.05) is 42.7 Å². The van der Waals surface area contributed by atoms with Gasteiger partial charge in [-0.1, -0.05) is 54.1 Å². The minimum Gasteiger partial charge on any atom is -0.373 e. The quantitative estimate of drug-likeness (QED) is 0.798. The summed E-state index contributed by atoms with van der Waals surface area (Å²) in [5.41, 5.74) is 2.92. The molecule has 1 N–H and O–H groups in total. The Balaban J connectivity index is 1.09. The molecule has 3 nitrogen and oxygen atoms in total. The average Bonchev–Trinajstić information content (AvgIpc) is 3.39. The SMILES string of the molecule is Clc1ccc(CN2CCC3(CC2)CC(N[C@@H]2C[C@H]2c2ccccc2)CO3)cc1. The number of ether oxygens (including phenoxy) is 1. The Morgan fingerprint density at radius 2 is 1.79 bits per heavy atom. The lowest BCUT2D eigenvalue weighted by Gasteiger charge is -2.38. The molecule has 0 radical (unpaired) electrons. The molecule has 1 saturated carbocycles. The van der Waals surface area contributed by atoms with Crippen molar-refractivity contribution in [1.29, 1.82) is 0 Å². The van der Waals surface area contributed by atoms with Crippen molar-refractivity contribution in [2.24, 2.45) is 0 Å². The van der Waals surface area contributed by atoms with E-state index in [0.717, 1.165) is 44.1 Å². The number of piperidine rings is 1. The molecule has 2 aliphatic heterocycles. The minimum atomic E-state index is 0.102. The Labute approximate surface area is 173 Å². The van der Waals surface area contributed by atoms with Crippen LogP contribution in [0.5, 0.6) is 0 Å². The summed E-state index contributed by atoms with van der Waals surface area (Å²) in [4.78, 5) is 2.55. The van der Waals surface area contributed by atoms with Crippen LogP contribution < -0.4 is 5.32 Å². The fourth-order valence-electron chi connectivity index (χ4n) is 5.02. The van der Waals surface area contributed by atoms with E-state index < -0.39 is 0 Å². The van der Waals surface area contributed by atoms with Gasteiger partial charge in [-0.3, -0.25) is 4.90 Å². The van der Waals surface area contributed by atoms with Crippen molar-refractivity contribution in [3.63, 3.8) is 0 Å².